The first kappa shape index (κ1) is 20.6. The van der Waals surface area contributed by atoms with E-state index in [2.05, 4.69) is 12.2 Å². The van der Waals surface area contributed by atoms with Crippen molar-refractivity contribution in [1.29, 1.82) is 0 Å². The number of cyclic esters (lactones) is 1. The second-order valence-electron chi connectivity index (χ2n) is 8.18. The van der Waals surface area contributed by atoms with Gasteiger partial charge in [-0.25, -0.2) is 9.59 Å². The highest BCUT2D eigenvalue weighted by molar-refractivity contribution is 7.17. The highest BCUT2D eigenvalue weighted by Gasteiger charge is 2.43. The molecule has 1 aliphatic carbocycles. The van der Waals surface area contributed by atoms with Crippen LogP contribution in [0.2, 0.25) is 0 Å². The Kier molecular flexibility index (Phi) is 5.40. The molecule has 1 amide bonds. The Morgan fingerprint density at radius 3 is 2.87 bits per heavy atom. The molecule has 0 fully saturated rings. The summed E-state index contributed by atoms with van der Waals surface area (Å²) in [5.74, 6) is -0.846. The number of esters is 2. The Hall–Kier alpha value is -2.67. The summed E-state index contributed by atoms with van der Waals surface area (Å²) in [4.78, 5) is 39.5. The van der Waals surface area contributed by atoms with E-state index in [-0.39, 0.29) is 13.0 Å². The number of carbonyl (C=O) groups is 3. The zero-order chi connectivity index (χ0) is 21.5. The van der Waals surface area contributed by atoms with Gasteiger partial charge in [0.25, 0.3) is 5.91 Å². The second-order valence-corrected chi connectivity index (χ2v) is 9.29. The smallest absolute Gasteiger partial charge is 0.341 e. The van der Waals surface area contributed by atoms with Gasteiger partial charge in [-0.2, -0.15) is 0 Å². The van der Waals surface area contributed by atoms with Gasteiger partial charge in [0.05, 0.1) is 17.7 Å². The number of fused-ring (bicyclic) bond motifs is 2. The highest BCUT2D eigenvalue weighted by Crippen LogP contribution is 2.41. The maximum absolute atomic E-state index is 13.2. The third-order valence-electron chi connectivity index (χ3n) is 5.78. The molecule has 0 radical (unpaired) electrons. The molecular weight excluding hydrogens is 402 g/mol. The van der Waals surface area contributed by atoms with E-state index in [4.69, 9.17) is 9.47 Å². The molecule has 2 aromatic rings. The van der Waals surface area contributed by atoms with Crippen molar-refractivity contribution in [2.75, 3.05) is 11.9 Å². The number of anilines is 1. The number of amides is 1. The average Bonchev–Trinajstić information content (AvgIpc) is 3.05. The molecule has 2 aliphatic rings. The average molecular weight is 428 g/mol. The van der Waals surface area contributed by atoms with Crippen LogP contribution >= 0.6 is 11.3 Å². The van der Waals surface area contributed by atoms with Crippen LogP contribution in [0.4, 0.5) is 5.00 Å². The summed E-state index contributed by atoms with van der Waals surface area (Å²) < 4.78 is 10.8. The van der Waals surface area contributed by atoms with Gasteiger partial charge in [-0.3, -0.25) is 4.79 Å². The molecule has 158 valence electrons. The third-order valence-corrected chi connectivity index (χ3v) is 6.95. The van der Waals surface area contributed by atoms with Gasteiger partial charge < -0.3 is 14.8 Å². The van der Waals surface area contributed by atoms with Gasteiger partial charge in [-0.15, -0.1) is 11.3 Å². The van der Waals surface area contributed by atoms with Crippen molar-refractivity contribution >= 4 is 34.2 Å². The Morgan fingerprint density at radius 1 is 1.33 bits per heavy atom. The van der Waals surface area contributed by atoms with E-state index in [9.17, 15) is 14.4 Å². The first-order valence-electron chi connectivity index (χ1n) is 10.3. The van der Waals surface area contributed by atoms with E-state index < -0.39 is 23.4 Å². The van der Waals surface area contributed by atoms with Gasteiger partial charge in [-0.05, 0) is 56.2 Å². The minimum atomic E-state index is -1.35. The van der Waals surface area contributed by atoms with Crippen molar-refractivity contribution in [3.8, 4) is 0 Å². The normalized spacial score (nSPS) is 22.5. The molecule has 4 rings (SSSR count). The van der Waals surface area contributed by atoms with Crippen LogP contribution in [0.5, 0.6) is 0 Å². The van der Waals surface area contributed by atoms with E-state index >= 15 is 0 Å². The lowest BCUT2D eigenvalue weighted by Gasteiger charge is -2.32. The van der Waals surface area contributed by atoms with Crippen LogP contribution in [0.15, 0.2) is 24.3 Å². The van der Waals surface area contributed by atoms with E-state index in [1.54, 1.807) is 26.0 Å². The van der Waals surface area contributed by atoms with Crippen LogP contribution in [-0.4, -0.2) is 30.1 Å². The fraction of sp³-hybridized carbons (Fsp3) is 0.435. The quantitative estimate of drug-likeness (QED) is 0.741. The van der Waals surface area contributed by atoms with Crippen molar-refractivity contribution in [3.05, 3.63) is 51.4 Å². The maximum Gasteiger partial charge on any atom is 0.341 e. The molecule has 0 bridgehead atoms. The number of benzene rings is 1. The largest absolute Gasteiger partial charge is 0.462 e. The van der Waals surface area contributed by atoms with Crippen LogP contribution in [0, 0.1) is 5.92 Å². The molecule has 6 nitrogen and oxygen atoms in total. The van der Waals surface area contributed by atoms with Crippen molar-refractivity contribution in [2.45, 2.75) is 52.1 Å². The molecule has 30 heavy (non-hydrogen) atoms. The van der Waals surface area contributed by atoms with Crippen molar-refractivity contribution in [3.63, 3.8) is 0 Å². The maximum atomic E-state index is 13.2. The minimum Gasteiger partial charge on any atom is -0.462 e. The zero-order valence-corrected chi connectivity index (χ0v) is 18.2. The van der Waals surface area contributed by atoms with Gasteiger partial charge in [0.15, 0.2) is 5.60 Å². The van der Waals surface area contributed by atoms with Crippen molar-refractivity contribution in [2.24, 2.45) is 5.92 Å². The van der Waals surface area contributed by atoms with Gasteiger partial charge >= 0.3 is 11.9 Å². The molecule has 0 saturated heterocycles. The predicted octanol–water partition coefficient (Wildman–Crippen LogP) is 4.16. The standard InChI is InChI=1S/C23H25NO5S/c1-4-28-21(26)18-16-10-9-13(2)11-17(16)30-19(18)24-22(27)23(3)12-14-7-5-6-8-15(14)20(25)29-23/h5-8,13H,4,9-12H2,1-3H3,(H,24,27)/t13-,23+/m1/s1. The number of ether oxygens (including phenoxy) is 2. The summed E-state index contributed by atoms with van der Waals surface area (Å²) in [6.45, 7) is 5.82. The molecule has 0 saturated carbocycles. The number of hydrogen-bond donors (Lipinski definition) is 1. The lowest BCUT2D eigenvalue weighted by atomic mass is 9.88. The summed E-state index contributed by atoms with van der Waals surface area (Å²) in [5.41, 5.74) is 1.33. The van der Waals surface area contributed by atoms with Crippen LogP contribution in [-0.2, 0) is 33.5 Å². The topological polar surface area (TPSA) is 81.7 Å². The van der Waals surface area contributed by atoms with Gasteiger partial charge in [0, 0.05) is 11.3 Å². The van der Waals surface area contributed by atoms with Gasteiger partial charge in [0.2, 0.25) is 0 Å². The van der Waals surface area contributed by atoms with Crippen LogP contribution in [0.1, 0.15) is 63.9 Å². The number of hydrogen-bond acceptors (Lipinski definition) is 6. The third kappa shape index (κ3) is 3.62. The van der Waals surface area contributed by atoms with Crippen LogP contribution in [0.3, 0.4) is 0 Å². The summed E-state index contributed by atoms with van der Waals surface area (Å²) in [6, 6.07) is 7.13. The summed E-state index contributed by atoms with van der Waals surface area (Å²) in [6.07, 6.45) is 2.94. The Morgan fingerprint density at radius 2 is 2.10 bits per heavy atom. The number of rotatable bonds is 4. The number of carbonyl (C=O) groups excluding carboxylic acids is 3. The molecule has 1 aromatic heterocycles. The molecule has 7 heteroatoms. The molecule has 0 spiro atoms. The monoisotopic (exact) mass is 427 g/mol. The Labute approximate surface area is 179 Å². The number of thiophene rings is 1. The number of nitrogens with one attached hydrogen (secondary N) is 1. The van der Waals surface area contributed by atoms with Gasteiger partial charge in [-0.1, -0.05) is 25.1 Å². The Balaban J connectivity index is 1.65. The van der Waals surface area contributed by atoms with Crippen LogP contribution < -0.4 is 5.32 Å². The first-order valence-corrected chi connectivity index (χ1v) is 11.1. The molecule has 1 aromatic carbocycles. The molecular formula is C23H25NO5S. The first-order chi connectivity index (χ1) is 14.3. The molecule has 2 atom stereocenters. The Bertz CT molecular complexity index is 1030. The fourth-order valence-corrected chi connectivity index (χ4v) is 5.55. The summed E-state index contributed by atoms with van der Waals surface area (Å²) >= 11 is 1.42. The van der Waals surface area contributed by atoms with Crippen LogP contribution in [0.25, 0.3) is 0 Å². The predicted molar refractivity (Wildman–Crippen MR) is 114 cm³/mol. The fourth-order valence-electron chi connectivity index (χ4n) is 4.15. The van der Waals surface area contributed by atoms with E-state index in [1.165, 1.54) is 11.3 Å². The van der Waals surface area contributed by atoms with Crippen molar-refractivity contribution in [1.82, 2.24) is 0 Å². The van der Waals surface area contributed by atoms with Gasteiger partial charge in [0.1, 0.15) is 5.00 Å². The molecule has 1 N–H and O–H groups in total. The molecule has 2 heterocycles. The van der Waals surface area contributed by atoms with E-state index in [0.29, 0.717) is 22.0 Å². The second kappa shape index (κ2) is 7.87. The molecule has 1 aliphatic heterocycles. The van der Waals surface area contributed by atoms with E-state index in [0.717, 1.165) is 35.3 Å². The lowest BCUT2D eigenvalue weighted by Crippen LogP contribution is -2.48. The summed E-state index contributed by atoms with van der Waals surface area (Å²) in [7, 11) is 0. The van der Waals surface area contributed by atoms with Crippen molar-refractivity contribution < 1.29 is 23.9 Å². The zero-order valence-electron chi connectivity index (χ0n) is 17.4. The minimum absolute atomic E-state index is 0.263. The SMILES string of the molecule is CCOC(=O)c1c(NC(=O)[C@]2(C)Cc3ccccc3C(=O)O2)sc2c1CC[C@@H](C)C2. The molecule has 0 unspecified atom stereocenters. The van der Waals surface area contributed by atoms with E-state index in [1.807, 2.05) is 12.1 Å². The summed E-state index contributed by atoms with van der Waals surface area (Å²) in [5, 5.41) is 3.37. The lowest BCUT2D eigenvalue weighted by molar-refractivity contribution is -0.134. The highest BCUT2D eigenvalue weighted by atomic mass is 32.1.